The summed E-state index contributed by atoms with van der Waals surface area (Å²) in [6.45, 7) is 0. The molecule has 1 fully saturated rings. The minimum Gasteiger partial charge on any atom is -0.349 e. The van der Waals surface area contributed by atoms with E-state index in [-0.39, 0.29) is 17.9 Å². The Labute approximate surface area is 152 Å². The van der Waals surface area contributed by atoms with Gasteiger partial charge in [-0.25, -0.2) is 0 Å². The Hall–Kier alpha value is -2.33. The lowest BCUT2D eigenvalue weighted by Gasteiger charge is -2.23. The summed E-state index contributed by atoms with van der Waals surface area (Å²) in [4.78, 5) is 25.1. The molecule has 0 aromatic heterocycles. The lowest BCUT2D eigenvalue weighted by molar-refractivity contribution is 0.0928. The fraction of sp³-hybridized carbons (Fsp3) is 0.300. The van der Waals surface area contributed by atoms with Crippen LogP contribution in [0.15, 0.2) is 48.5 Å². The molecule has 0 radical (unpaired) electrons. The first kappa shape index (κ1) is 17.5. The molecule has 3 rings (SSSR count). The van der Waals surface area contributed by atoms with Gasteiger partial charge in [-0.3, -0.25) is 9.59 Å². The molecule has 1 aliphatic rings. The molecule has 0 aliphatic heterocycles. The molecule has 1 aliphatic carbocycles. The Bertz CT molecular complexity index is 770. The van der Waals surface area contributed by atoms with Gasteiger partial charge in [-0.2, -0.15) is 0 Å². The van der Waals surface area contributed by atoms with Crippen LogP contribution >= 0.6 is 11.6 Å². The summed E-state index contributed by atoms with van der Waals surface area (Å²) in [7, 11) is 0. The van der Waals surface area contributed by atoms with Crippen LogP contribution in [0, 0.1) is 0 Å². The van der Waals surface area contributed by atoms with E-state index < -0.39 is 0 Å². The highest BCUT2D eigenvalue weighted by molar-refractivity contribution is 6.31. The van der Waals surface area contributed by atoms with Crippen molar-refractivity contribution in [3.8, 4) is 0 Å². The summed E-state index contributed by atoms with van der Waals surface area (Å²) in [5.74, 6) is -0.436. The molecule has 25 heavy (non-hydrogen) atoms. The molecular formula is C20H21ClN2O2. The normalized spacial score (nSPS) is 14.8. The molecule has 2 aromatic rings. The third-order valence-electron chi connectivity index (χ3n) is 4.45. The minimum absolute atomic E-state index is 0.145. The summed E-state index contributed by atoms with van der Waals surface area (Å²) < 4.78 is 0. The first-order chi connectivity index (χ1) is 12.1. The Morgan fingerprint density at radius 1 is 0.920 bits per heavy atom. The quantitative estimate of drug-likeness (QED) is 0.837. The van der Waals surface area contributed by atoms with Gasteiger partial charge in [0, 0.05) is 16.6 Å². The van der Waals surface area contributed by atoms with Crippen LogP contribution in [0.1, 0.15) is 52.8 Å². The Balaban J connectivity index is 1.74. The van der Waals surface area contributed by atoms with Gasteiger partial charge in [0.05, 0.1) is 11.3 Å². The number of hydrogen-bond donors (Lipinski definition) is 2. The summed E-state index contributed by atoms with van der Waals surface area (Å²) in [6.07, 6.45) is 5.57. The smallest absolute Gasteiger partial charge is 0.255 e. The predicted octanol–water partition coefficient (Wildman–Crippen LogP) is 4.65. The minimum atomic E-state index is -0.291. The molecule has 0 heterocycles. The number of rotatable bonds is 4. The van der Waals surface area contributed by atoms with Crippen LogP contribution in [0.4, 0.5) is 5.69 Å². The maximum atomic E-state index is 12.6. The number of nitrogens with one attached hydrogen (secondary N) is 2. The molecule has 5 heteroatoms. The number of hydrogen-bond acceptors (Lipinski definition) is 2. The van der Waals surface area contributed by atoms with Gasteiger partial charge < -0.3 is 10.6 Å². The van der Waals surface area contributed by atoms with Crippen molar-refractivity contribution < 1.29 is 9.59 Å². The summed E-state index contributed by atoms with van der Waals surface area (Å²) in [5, 5.41) is 6.40. The van der Waals surface area contributed by atoms with E-state index in [0.29, 0.717) is 21.8 Å². The SMILES string of the molecule is O=C(Nc1ccccc1C(=O)NC1CCCCC1)c1cccc(Cl)c1. The van der Waals surface area contributed by atoms with Crippen LogP contribution in [0.2, 0.25) is 5.02 Å². The average Bonchev–Trinajstić information content (AvgIpc) is 2.63. The lowest BCUT2D eigenvalue weighted by Crippen LogP contribution is -2.36. The van der Waals surface area contributed by atoms with Crippen molar-refractivity contribution in [2.75, 3.05) is 5.32 Å². The zero-order chi connectivity index (χ0) is 17.6. The number of halogens is 1. The molecule has 0 atom stereocenters. The van der Waals surface area contributed by atoms with Crippen molar-refractivity contribution in [2.45, 2.75) is 38.1 Å². The molecule has 0 saturated heterocycles. The van der Waals surface area contributed by atoms with E-state index in [0.717, 1.165) is 25.7 Å². The molecule has 0 unspecified atom stereocenters. The lowest BCUT2D eigenvalue weighted by atomic mass is 9.95. The topological polar surface area (TPSA) is 58.2 Å². The fourth-order valence-corrected chi connectivity index (χ4v) is 3.31. The largest absolute Gasteiger partial charge is 0.349 e. The zero-order valence-corrected chi connectivity index (χ0v) is 14.7. The number of amides is 2. The molecule has 2 N–H and O–H groups in total. The van der Waals surface area contributed by atoms with E-state index in [4.69, 9.17) is 11.6 Å². The van der Waals surface area contributed by atoms with Gasteiger partial charge in [0.15, 0.2) is 0 Å². The molecule has 1 saturated carbocycles. The van der Waals surface area contributed by atoms with Gasteiger partial charge in [0.2, 0.25) is 0 Å². The summed E-state index contributed by atoms with van der Waals surface area (Å²) in [6, 6.07) is 14.0. The zero-order valence-electron chi connectivity index (χ0n) is 13.9. The van der Waals surface area contributed by atoms with E-state index in [1.54, 1.807) is 48.5 Å². The van der Waals surface area contributed by atoms with Crippen LogP contribution in [-0.2, 0) is 0 Å². The van der Waals surface area contributed by atoms with Crippen LogP contribution in [-0.4, -0.2) is 17.9 Å². The van der Waals surface area contributed by atoms with Crippen molar-refractivity contribution in [1.82, 2.24) is 5.32 Å². The van der Waals surface area contributed by atoms with Crippen LogP contribution in [0.5, 0.6) is 0 Å². The van der Waals surface area contributed by atoms with Crippen molar-refractivity contribution in [3.63, 3.8) is 0 Å². The van der Waals surface area contributed by atoms with Crippen molar-refractivity contribution in [1.29, 1.82) is 0 Å². The third-order valence-corrected chi connectivity index (χ3v) is 4.68. The van der Waals surface area contributed by atoms with Crippen molar-refractivity contribution in [3.05, 3.63) is 64.7 Å². The molecular weight excluding hydrogens is 336 g/mol. The van der Waals surface area contributed by atoms with E-state index in [1.165, 1.54) is 6.42 Å². The van der Waals surface area contributed by atoms with Gasteiger partial charge in [-0.15, -0.1) is 0 Å². The molecule has 130 valence electrons. The van der Waals surface area contributed by atoms with Crippen molar-refractivity contribution >= 4 is 29.1 Å². The molecule has 2 amide bonds. The highest BCUT2D eigenvalue weighted by Crippen LogP contribution is 2.21. The fourth-order valence-electron chi connectivity index (χ4n) is 3.12. The average molecular weight is 357 g/mol. The van der Waals surface area contributed by atoms with Crippen LogP contribution < -0.4 is 10.6 Å². The number of carbonyl (C=O) groups excluding carboxylic acids is 2. The van der Waals surface area contributed by atoms with Crippen LogP contribution in [0.3, 0.4) is 0 Å². The predicted molar refractivity (Wildman–Crippen MR) is 100 cm³/mol. The first-order valence-corrected chi connectivity index (χ1v) is 8.98. The van der Waals surface area contributed by atoms with Gasteiger partial charge in [0.25, 0.3) is 11.8 Å². The second-order valence-electron chi connectivity index (χ2n) is 6.32. The van der Waals surface area contributed by atoms with E-state index in [2.05, 4.69) is 10.6 Å². The van der Waals surface area contributed by atoms with Gasteiger partial charge >= 0.3 is 0 Å². The summed E-state index contributed by atoms with van der Waals surface area (Å²) >= 11 is 5.94. The van der Waals surface area contributed by atoms with Gasteiger partial charge in [-0.1, -0.05) is 49.1 Å². The van der Waals surface area contributed by atoms with E-state index in [9.17, 15) is 9.59 Å². The van der Waals surface area contributed by atoms with Crippen molar-refractivity contribution in [2.24, 2.45) is 0 Å². The highest BCUT2D eigenvalue weighted by Gasteiger charge is 2.19. The second-order valence-corrected chi connectivity index (χ2v) is 6.75. The monoisotopic (exact) mass is 356 g/mol. The number of benzene rings is 2. The first-order valence-electron chi connectivity index (χ1n) is 8.60. The number of para-hydroxylation sites is 1. The molecule has 4 nitrogen and oxygen atoms in total. The maximum absolute atomic E-state index is 12.6. The third kappa shape index (κ3) is 4.60. The van der Waals surface area contributed by atoms with Gasteiger partial charge in [0.1, 0.15) is 0 Å². The Kier molecular flexibility index (Phi) is 5.71. The molecule has 0 bridgehead atoms. The highest BCUT2D eigenvalue weighted by atomic mass is 35.5. The molecule has 0 spiro atoms. The Morgan fingerprint density at radius 2 is 1.68 bits per heavy atom. The van der Waals surface area contributed by atoms with Crippen LogP contribution in [0.25, 0.3) is 0 Å². The number of carbonyl (C=O) groups is 2. The van der Waals surface area contributed by atoms with Gasteiger partial charge in [-0.05, 0) is 43.2 Å². The molecule has 2 aromatic carbocycles. The number of anilines is 1. The standard InChI is InChI=1S/C20H21ClN2O2/c21-15-8-6-7-14(13-15)19(24)23-18-12-5-4-11-17(18)20(25)22-16-9-2-1-3-10-16/h4-8,11-13,16H,1-3,9-10H2,(H,22,25)(H,23,24). The van der Waals surface area contributed by atoms with E-state index >= 15 is 0 Å². The van der Waals surface area contributed by atoms with E-state index in [1.807, 2.05) is 0 Å². The second kappa shape index (κ2) is 8.17. The summed E-state index contributed by atoms with van der Waals surface area (Å²) in [5.41, 5.74) is 1.43. The Morgan fingerprint density at radius 3 is 2.44 bits per heavy atom. The maximum Gasteiger partial charge on any atom is 0.255 e.